The fourth-order valence-electron chi connectivity index (χ4n) is 13.5. The third kappa shape index (κ3) is 9.98. The van der Waals surface area contributed by atoms with Crippen LogP contribution < -0.4 is 0 Å². The molecule has 17 aromatic rings. The zero-order valence-electron chi connectivity index (χ0n) is 51.6. The monoisotopic (exact) mass is 1200 g/mol. The lowest BCUT2D eigenvalue weighted by Crippen LogP contribution is -2.02. The van der Waals surface area contributed by atoms with Crippen LogP contribution in [0.3, 0.4) is 0 Å². The average molecular weight is 1200 g/mol. The summed E-state index contributed by atoms with van der Waals surface area (Å²) in [5.74, 6) is 3.51. The van der Waals surface area contributed by atoms with Crippen LogP contribution in [0.4, 0.5) is 0 Å². The number of nitrogens with zero attached hydrogens (tertiary/aromatic N) is 8. The molecule has 4 aromatic heterocycles. The van der Waals surface area contributed by atoms with Crippen molar-refractivity contribution >= 4 is 43.6 Å². The third-order valence-electron chi connectivity index (χ3n) is 18.1. The molecule has 0 aliphatic carbocycles. The molecular weight excluding hydrogens is 1150 g/mol. The van der Waals surface area contributed by atoms with Gasteiger partial charge in [-0.3, -0.25) is 0 Å². The van der Waals surface area contributed by atoms with E-state index in [0.717, 1.165) is 99.8 Å². The van der Waals surface area contributed by atoms with Gasteiger partial charge in [-0.15, -0.1) is 0 Å². The zero-order chi connectivity index (χ0) is 62.6. The van der Waals surface area contributed by atoms with Gasteiger partial charge in [0.25, 0.3) is 0 Å². The maximum Gasteiger partial charge on any atom is 0.164 e. The maximum absolute atomic E-state index is 5.30. The van der Waals surface area contributed by atoms with Gasteiger partial charge in [0.05, 0.1) is 33.4 Å². The first-order chi connectivity index (χ1) is 46.4. The van der Waals surface area contributed by atoms with Crippen molar-refractivity contribution in [2.45, 2.75) is 13.8 Å². The highest BCUT2D eigenvalue weighted by molar-refractivity contribution is 6.12. The van der Waals surface area contributed by atoms with Crippen LogP contribution in [0.5, 0.6) is 0 Å². The van der Waals surface area contributed by atoms with Gasteiger partial charge in [0.2, 0.25) is 0 Å². The molecule has 0 aliphatic rings. The van der Waals surface area contributed by atoms with Crippen LogP contribution >= 0.6 is 0 Å². The highest BCUT2D eigenvalue weighted by Gasteiger charge is 2.24. The molecule has 0 atom stereocenters. The van der Waals surface area contributed by atoms with Gasteiger partial charge >= 0.3 is 0 Å². The van der Waals surface area contributed by atoms with Gasteiger partial charge in [0.1, 0.15) is 0 Å². The molecule has 0 radical (unpaired) electrons. The topological polar surface area (TPSA) is 87.2 Å². The molecule has 0 spiro atoms. The lowest BCUT2D eigenvalue weighted by molar-refractivity contribution is 1.07. The van der Waals surface area contributed by atoms with E-state index in [2.05, 4.69) is 266 Å². The Balaban J connectivity index is 0.919. The molecule has 0 bridgehead atoms. The van der Waals surface area contributed by atoms with E-state index in [1.54, 1.807) is 0 Å². The van der Waals surface area contributed by atoms with E-state index >= 15 is 0 Å². The van der Waals surface area contributed by atoms with Crippen molar-refractivity contribution < 1.29 is 0 Å². The molecule has 8 heteroatoms. The Hall–Kier alpha value is -12.5. The predicted octanol–water partition coefficient (Wildman–Crippen LogP) is 21.5. The fourth-order valence-corrected chi connectivity index (χ4v) is 13.5. The van der Waals surface area contributed by atoms with Gasteiger partial charge < -0.3 is 9.13 Å². The summed E-state index contributed by atoms with van der Waals surface area (Å²) in [7, 11) is 0. The van der Waals surface area contributed by atoms with Gasteiger partial charge in [0.15, 0.2) is 34.9 Å². The summed E-state index contributed by atoms with van der Waals surface area (Å²) in [5, 5.41) is 4.66. The number of fused-ring (bicyclic) bond motifs is 6. The van der Waals surface area contributed by atoms with Crippen LogP contribution in [0.2, 0.25) is 0 Å². The molecular formula is C86H58N8. The van der Waals surface area contributed by atoms with E-state index in [4.69, 9.17) is 29.9 Å². The molecule has 442 valence electrons. The lowest BCUT2D eigenvalue weighted by Gasteiger charge is -2.19. The molecule has 0 amide bonds. The standard InChI is InChI=1S/C86H58N8/c1-55-24-15-17-36-67(55)63-42-46-79-73(51-63)69-38-19-21-40-75(69)93(79)77-48-44-65(85-89-81(57-26-7-3-8-27-57)87-82(90-85)58-28-9-4-10-29-58)53-71(77)61-34-23-35-62(50-61)72-54-66(86-91-83(59-30-11-5-12-31-59)88-84(92-86)60-32-13-6-14-33-60)45-49-78(72)94-76-41-22-20-39-70(76)74-52-64(43-47-80(74)94)68-37-18-16-25-56(68)2/h3-54H,1-2H3. The predicted molar refractivity (Wildman–Crippen MR) is 386 cm³/mol. The van der Waals surface area contributed by atoms with Crippen molar-refractivity contribution in [2.24, 2.45) is 0 Å². The number of benzene rings is 13. The Morgan fingerprint density at radius 1 is 0.191 bits per heavy atom. The Labute approximate surface area is 544 Å². The minimum Gasteiger partial charge on any atom is -0.309 e. The van der Waals surface area contributed by atoms with Crippen molar-refractivity contribution in [1.29, 1.82) is 0 Å². The molecule has 13 aromatic carbocycles. The molecule has 8 nitrogen and oxygen atoms in total. The highest BCUT2D eigenvalue weighted by Crippen LogP contribution is 2.44. The normalized spacial score (nSPS) is 11.5. The van der Waals surface area contributed by atoms with Crippen LogP contribution in [-0.4, -0.2) is 39.0 Å². The Kier molecular flexibility index (Phi) is 13.8. The van der Waals surface area contributed by atoms with Crippen molar-refractivity contribution in [2.75, 3.05) is 0 Å². The highest BCUT2D eigenvalue weighted by atomic mass is 15.0. The van der Waals surface area contributed by atoms with Crippen LogP contribution in [0.25, 0.3) is 168 Å². The molecule has 0 unspecified atom stereocenters. The van der Waals surface area contributed by atoms with Gasteiger partial charge in [-0.2, -0.15) is 0 Å². The van der Waals surface area contributed by atoms with Gasteiger partial charge in [-0.05, 0) is 137 Å². The fraction of sp³-hybridized carbons (Fsp3) is 0.0233. The molecule has 4 heterocycles. The summed E-state index contributed by atoms with van der Waals surface area (Å²) in [5.41, 5.74) is 22.9. The summed E-state index contributed by atoms with van der Waals surface area (Å²) < 4.78 is 4.86. The Bertz CT molecular complexity index is 5290. The summed E-state index contributed by atoms with van der Waals surface area (Å²) in [6, 6.07) is 112. The van der Waals surface area contributed by atoms with Gasteiger partial charge in [-0.1, -0.05) is 237 Å². The van der Waals surface area contributed by atoms with Crippen LogP contribution in [-0.2, 0) is 0 Å². The molecule has 0 saturated carbocycles. The lowest BCUT2D eigenvalue weighted by atomic mass is 9.94. The Morgan fingerprint density at radius 3 is 0.851 bits per heavy atom. The van der Waals surface area contributed by atoms with E-state index in [0.29, 0.717) is 34.9 Å². The largest absolute Gasteiger partial charge is 0.309 e. The van der Waals surface area contributed by atoms with Gasteiger partial charge in [0, 0.05) is 66.1 Å². The molecule has 0 N–H and O–H groups in total. The summed E-state index contributed by atoms with van der Waals surface area (Å²) in [4.78, 5) is 31.4. The van der Waals surface area contributed by atoms with Crippen LogP contribution in [0.1, 0.15) is 11.1 Å². The summed E-state index contributed by atoms with van der Waals surface area (Å²) in [6.07, 6.45) is 0. The van der Waals surface area contributed by atoms with Crippen molar-refractivity contribution in [3.8, 4) is 124 Å². The molecule has 0 aliphatic heterocycles. The average Bonchev–Trinajstić information content (AvgIpc) is 1.57. The Morgan fingerprint density at radius 2 is 0.479 bits per heavy atom. The SMILES string of the molecule is Cc1ccccc1-c1ccc2c(c1)c1ccccc1n2-c1ccc(-c2nc(-c3ccccc3)nc(-c3ccccc3)n2)cc1-c1cccc(-c2cc(-c3nc(-c4ccccc4)nc(-c4ccccc4)n3)ccc2-n2c3ccccc3c3cc(-c4ccccc4C)ccc32)c1. The first kappa shape index (κ1) is 55.5. The molecule has 17 rings (SSSR count). The minimum atomic E-state index is 0.566. The van der Waals surface area contributed by atoms with Crippen LogP contribution in [0.15, 0.2) is 315 Å². The maximum atomic E-state index is 5.30. The summed E-state index contributed by atoms with van der Waals surface area (Å²) >= 11 is 0. The molecule has 0 fully saturated rings. The van der Waals surface area contributed by atoms with E-state index < -0.39 is 0 Å². The third-order valence-corrected chi connectivity index (χ3v) is 18.1. The van der Waals surface area contributed by atoms with Gasteiger partial charge in [-0.25, -0.2) is 29.9 Å². The summed E-state index contributed by atoms with van der Waals surface area (Å²) in [6.45, 7) is 4.37. The number of para-hydroxylation sites is 2. The van der Waals surface area contributed by atoms with E-state index in [-0.39, 0.29) is 0 Å². The van der Waals surface area contributed by atoms with E-state index in [9.17, 15) is 0 Å². The molecule has 94 heavy (non-hydrogen) atoms. The first-order valence-corrected chi connectivity index (χ1v) is 31.8. The second-order valence-corrected chi connectivity index (χ2v) is 23.9. The van der Waals surface area contributed by atoms with E-state index in [1.165, 1.54) is 44.2 Å². The number of aromatic nitrogens is 8. The first-order valence-electron chi connectivity index (χ1n) is 31.8. The zero-order valence-corrected chi connectivity index (χ0v) is 51.6. The minimum absolute atomic E-state index is 0.566. The number of aryl methyl sites for hydroxylation is 2. The number of hydrogen-bond acceptors (Lipinski definition) is 6. The van der Waals surface area contributed by atoms with Crippen molar-refractivity contribution in [3.05, 3.63) is 327 Å². The van der Waals surface area contributed by atoms with Crippen LogP contribution in [0, 0.1) is 13.8 Å². The second-order valence-electron chi connectivity index (χ2n) is 23.9. The molecule has 0 saturated heterocycles. The number of hydrogen-bond donors (Lipinski definition) is 0. The van der Waals surface area contributed by atoms with E-state index in [1.807, 2.05) is 72.8 Å². The van der Waals surface area contributed by atoms with Crippen molar-refractivity contribution in [3.63, 3.8) is 0 Å². The van der Waals surface area contributed by atoms with Crippen molar-refractivity contribution in [1.82, 2.24) is 39.0 Å². The number of rotatable bonds is 12. The quantitative estimate of drug-likeness (QED) is 0.121. The second kappa shape index (κ2) is 23.4. The smallest absolute Gasteiger partial charge is 0.164 e.